The first-order chi connectivity index (χ1) is 15.5. The van der Waals surface area contributed by atoms with Crippen molar-refractivity contribution in [1.29, 1.82) is 0 Å². The lowest BCUT2D eigenvalue weighted by molar-refractivity contribution is -0.122. The molecular formula is C22H17Cl4FN2O3S. The number of nitrogens with one attached hydrogen (secondary N) is 1. The van der Waals surface area contributed by atoms with Crippen LogP contribution in [0.2, 0.25) is 20.1 Å². The largest absolute Gasteiger partial charge is 0.350 e. The molecule has 1 amide bonds. The second kappa shape index (κ2) is 10.5. The van der Waals surface area contributed by atoms with Crippen LogP contribution in [0.5, 0.6) is 0 Å². The molecule has 0 bridgehead atoms. The molecule has 0 unspecified atom stereocenters. The highest BCUT2D eigenvalue weighted by Crippen LogP contribution is 2.31. The van der Waals surface area contributed by atoms with E-state index < -0.39 is 27.8 Å². The smallest absolute Gasteiger partial charge is 0.265 e. The van der Waals surface area contributed by atoms with Gasteiger partial charge in [0.1, 0.15) is 11.9 Å². The van der Waals surface area contributed by atoms with E-state index in [-0.39, 0.29) is 22.2 Å². The molecule has 0 spiro atoms. The Morgan fingerprint density at radius 3 is 2.09 bits per heavy atom. The molecule has 0 aliphatic carbocycles. The number of halogens is 5. The number of rotatable bonds is 7. The van der Waals surface area contributed by atoms with Crippen molar-refractivity contribution in [3.05, 3.63) is 92.1 Å². The van der Waals surface area contributed by atoms with E-state index in [1.807, 2.05) is 0 Å². The summed E-state index contributed by atoms with van der Waals surface area (Å²) in [6.45, 7) is 1.37. The van der Waals surface area contributed by atoms with Crippen molar-refractivity contribution in [3.8, 4) is 0 Å². The van der Waals surface area contributed by atoms with Crippen molar-refractivity contribution in [2.75, 3.05) is 4.31 Å². The number of hydrogen-bond donors (Lipinski definition) is 1. The molecule has 33 heavy (non-hydrogen) atoms. The molecule has 3 aromatic rings. The van der Waals surface area contributed by atoms with E-state index in [2.05, 4.69) is 5.32 Å². The van der Waals surface area contributed by atoms with Crippen LogP contribution in [0.15, 0.2) is 65.6 Å². The summed E-state index contributed by atoms with van der Waals surface area (Å²) in [6.07, 6.45) is 0. The number of nitrogens with zero attached hydrogens (tertiary/aromatic N) is 1. The summed E-state index contributed by atoms with van der Waals surface area (Å²) in [5.41, 5.74) is 0.236. The van der Waals surface area contributed by atoms with Crippen LogP contribution in [-0.4, -0.2) is 20.4 Å². The van der Waals surface area contributed by atoms with Gasteiger partial charge in [0.25, 0.3) is 10.0 Å². The molecule has 5 nitrogen and oxygen atoms in total. The minimum absolute atomic E-state index is 0.0241. The van der Waals surface area contributed by atoms with E-state index in [0.29, 0.717) is 24.9 Å². The highest BCUT2D eigenvalue weighted by atomic mass is 35.5. The molecule has 0 saturated carbocycles. The number of carbonyl (C=O) groups excluding carboxylic acids is 1. The van der Waals surface area contributed by atoms with Crippen LogP contribution in [-0.2, 0) is 21.4 Å². The van der Waals surface area contributed by atoms with Crippen molar-refractivity contribution in [2.24, 2.45) is 0 Å². The molecule has 0 radical (unpaired) electrons. The Labute approximate surface area is 211 Å². The van der Waals surface area contributed by atoms with Crippen LogP contribution < -0.4 is 9.62 Å². The fourth-order valence-electron chi connectivity index (χ4n) is 3.08. The second-order valence-electron chi connectivity index (χ2n) is 7.02. The predicted octanol–water partition coefficient (Wildman–Crippen LogP) is 6.34. The molecule has 11 heteroatoms. The van der Waals surface area contributed by atoms with Crippen molar-refractivity contribution >= 4 is 68.0 Å². The Morgan fingerprint density at radius 2 is 1.48 bits per heavy atom. The van der Waals surface area contributed by atoms with Gasteiger partial charge in [0.15, 0.2) is 0 Å². The molecule has 0 heterocycles. The summed E-state index contributed by atoms with van der Waals surface area (Å²) in [4.78, 5) is 12.8. The number of benzene rings is 3. The van der Waals surface area contributed by atoms with Gasteiger partial charge in [-0.1, -0.05) is 46.4 Å². The van der Waals surface area contributed by atoms with Gasteiger partial charge in [-0.2, -0.15) is 0 Å². The van der Waals surface area contributed by atoms with Crippen molar-refractivity contribution < 1.29 is 17.6 Å². The second-order valence-corrected chi connectivity index (χ2v) is 10.6. The Morgan fingerprint density at radius 1 is 0.909 bits per heavy atom. The molecule has 0 aromatic heterocycles. The van der Waals surface area contributed by atoms with E-state index >= 15 is 0 Å². The van der Waals surface area contributed by atoms with Gasteiger partial charge in [-0.15, -0.1) is 0 Å². The fraction of sp³-hybridized carbons (Fsp3) is 0.136. The Hall–Kier alpha value is -2.03. The van der Waals surface area contributed by atoms with Crippen LogP contribution in [0.25, 0.3) is 0 Å². The predicted molar refractivity (Wildman–Crippen MR) is 130 cm³/mol. The summed E-state index contributed by atoms with van der Waals surface area (Å²) in [5, 5.41) is 3.82. The van der Waals surface area contributed by atoms with Gasteiger partial charge in [0.05, 0.1) is 10.6 Å². The maximum atomic E-state index is 14.7. The van der Waals surface area contributed by atoms with Crippen molar-refractivity contribution in [2.45, 2.75) is 24.4 Å². The molecule has 0 saturated heterocycles. The topological polar surface area (TPSA) is 66.5 Å². The highest BCUT2D eigenvalue weighted by Gasteiger charge is 2.35. The molecule has 1 N–H and O–H groups in total. The average molecular weight is 550 g/mol. The third kappa shape index (κ3) is 6.11. The molecule has 0 aliphatic heterocycles. The summed E-state index contributed by atoms with van der Waals surface area (Å²) in [5.74, 6) is -1.54. The molecule has 174 valence electrons. The number of sulfonamides is 1. The van der Waals surface area contributed by atoms with Crippen LogP contribution in [0, 0.1) is 5.82 Å². The van der Waals surface area contributed by atoms with E-state index in [1.54, 1.807) is 18.2 Å². The molecule has 0 aliphatic rings. The van der Waals surface area contributed by atoms with Gasteiger partial charge >= 0.3 is 0 Å². The third-order valence-corrected chi connectivity index (χ3v) is 7.46. The number of hydrogen-bond acceptors (Lipinski definition) is 3. The van der Waals surface area contributed by atoms with E-state index in [1.165, 1.54) is 37.3 Å². The monoisotopic (exact) mass is 548 g/mol. The molecule has 0 fully saturated rings. The number of amides is 1. The maximum Gasteiger partial charge on any atom is 0.265 e. The van der Waals surface area contributed by atoms with Gasteiger partial charge in [-0.25, -0.2) is 12.8 Å². The van der Waals surface area contributed by atoms with Crippen LogP contribution in [0.4, 0.5) is 10.1 Å². The minimum Gasteiger partial charge on any atom is -0.350 e. The van der Waals surface area contributed by atoms with Gasteiger partial charge in [-0.3, -0.25) is 9.10 Å². The first-order valence-electron chi connectivity index (χ1n) is 9.47. The fourth-order valence-corrected chi connectivity index (χ4v) is 5.56. The lowest BCUT2D eigenvalue weighted by Gasteiger charge is -2.30. The number of anilines is 1. The average Bonchev–Trinajstić information content (AvgIpc) is 2.74. The lowest BCUT2D eigenvalue weighted by atomic mass is 10.2. The molecule has 1 atom stereocenters. The van der Waals surface area contributed by atoms with Crippen molar-refractivity contribution in [3.63, 3.8) is 0 Å². The molecule has 3 aromatic carbocycles. The van der Waals surface area contributed by atoms with Crippen LogP contribution >= 0.6 is 46.4 Å². The summed E-state index contributed by atoms with van der Waals surface area (Å²) in [6, 6.07) is 12.2. The first kappa shape index (κ1) is 25.6. The normalized spacial score (nSPS) is 12.3. The molecule has 3 rings (SSSR count). The van der Waals surface area contributed by atoms with Gasteiger partial charge in [0, 0.05) is 26.6 Å². The Balaban J connectivity index is 1.98. The lowest BCUT2D eigenvalue weighted by Crippen LogP contribution is -2.48. The Bertz CT molecular complexity index is 1270. The third-order valence-electron chi connectivity index (χ3n) is 4.64. The highest BCUT2D eigenvalue weighted by molar-refractivity contribution is 7.93. The first-order valence-corrected chi connectivity index (χ1v) is 12.4. The zero-order chi connectivity index (χ0) is 24.3. The van der Waals surface area contributed by atoms with E-state index in [4.69, 9.17) is 46.4 Å². The standard InChI is InChI=1S/C22H17Cl4FN2O3S/c1-13(22(30)28-12-14-8-17(25)10-18(26)9-14)29(21-11-16(24)4-7-20(21)27)33(31,32)19-5-2-15(23)3-6-19/h2-11,13H,12H2,1H3,(H,28,30)/t13-/m1/s1. The van der Waals surface area contributed by atoms with Gasteiger partial charge in [0.2, 0.25) is 5.91 Å². The Kier molecular flexibility index (Phi) is 8.13. The van der Waals surface area contributed by atoms with E-state index in [0.717, 1.165) is 12.1 Å². The van der Waals surface area contributed by atoms with E-state index in [9.17, 15) is 17.6 Å². The maximum absolute atomic E-state index is 14.7. The van der Waals surface area contributed by atoms with Crippen LogP contribution in [0.1, 0.15) is 12.5 Å². The SMILES string of the molecule is C[C@H](C(=O)NCc1cc(Cl)cc(Cl)c1)N(c1cc(Cl)ccc1F)S(=O)(=O)c1ccc(Cl)cc1. The van der Waals surface area contributed by atoms with Gasteiger partial charge in [-0.05, 0) is 73.2 Å². The van der Waals surface area contributed by atoms with Gasteiger partial charge < -0.3 is 5.32 Å². The minimum atomic E-state index is -4.38. The zero-order valence-corrected chi connectivity index (χ0v) is 20.9. The molecular weight excluding hydrogens is 533 g/mol. The van der Waals surface area contributed by atoms with Crippen LogP contribution in [0.3, 0.4) is 0 Å². The summed E-state index contributed by atoms with van der Waals surface area (Å²) >= 11 is 23.8. The summed E-state index contributed by atoms with van der Waals surface area (Å²) in [7, 11) is -4.38. The zero-order valence-electron chi connectivity index (χ0n) is 17.0. The summed E-state index contributed by atoms with van der Waals surface area (Å²) < 4.78 is 42.4. The van der Waals surface area contributed by atoms with Crippen molar-refractivity contribution in [1.82, 2.24) is 5.32 Å². The quantitative estimate of drug-likeness (QED) is 0.374. The number of carbonyl (C=O) groups is 1.